The Labute approximate surface area is 161 Å². The van der Waals surface area contributed by atoms with E-state index >= 15 is 0 Å². The zero-order valence-electron chi connectivity index (χ0n) is 14.7. The summed E-state index contributed by atoms with van der Waals surface area (Å²) in [6.45, 7) is 1.34. The number of para-hydroxylation sites is 1. The van der Waals surface area contributed by atoms with Gasteiger partial charge in [-0.25, -0.2) is 8.42 Å². The molecular formula is C17H19N3O5S2. The highest BCUT2D eigenvalue weighted by Crippen LogP contribution is 2.31. The lowest BCUT2D eigenvalue weighted by molar-refractivity contribution is -0.116. The second kappa shape index (κ2) is 8.78. The third kappa shape index (κ3) is 5.63. The first-order chi connectivity index (χ1) is 12.7. The van der Waals surface area contributed by atoms with Crippen LogP contribution in [0.3, 0.4) is 0 Å². The summed E-state index contributed by atoms with van der Waals surface area (Å²) in [5.74, 6) is -0.569. The van der Waals surface area contributed by atoms with Crippen LogP contribution in [-0.2, 0) is 19.6 Å². The summed E-state index contributed by atoms with van der Waals surface area (Å²) in [5.41, 5.74) is 5.84. The van der Waals surface area contributed by atoms with Crippen molar-refractivity contribution in [3.63, 3.8) is 0 Å². The minimum Gasteiger partial charge on any atom is -0.495 e. The normalized spacial score (nSPS) is 10.9. The van der Waals surface area contributed by atoms with Crippen LogP contribution in [0.5, 0.6) is 5.75 Å². The van der Waals surface area contributed by atoms with Crippen molar-refractivity contribution in [1.82, 2.24) is 0 Å². The van der Waals surface area contributed by atoms with E-state index in [-0.39, 0.29) is 22.3 Å². The third-order valence-corrected chi connectivity index (χ3v) is 5.75. The number of nitrogens with two attached hydrogens (primary N) is 1. The molecule has 2 aromatic carbocycles. The van der Waals surface area contributed by atoms with Gasteiger partial charge in [-0.15, -0.1) is 11.8 Å². The maximum absolute atomic E-state index is 12.7. The SMILES string of the molecule is COc1cc(S(=O)(=O)Nc2ccccc2SCC(N)=O)ccc1NC(C)=O. The number of benzene rings is 2. The largest absolute Gasteiger partial charge is 0.495 e. The summed E-state index contributed by atoms with van der Waals surface area (Å²) in [6, 6.07) is 10.8. The third-order valence-electron chi connectivity index (χ3n) is 3.30. The van der Waals surface area contributed by atoms with Crippen LogP contribution in [0.1, 0.15) is 6.92 Å². The molecule has 4 N–H and O–H groups in total. The topological polar surface area (TPSA) is 128 Å². The minimum absolute atomic E-state index is 0.0258. The Bertz CT molecular complexity index is 961. The van der Waals surface area contributed by atoms with Crippen molar-refractivity contribution in [2.75, 3.05) is 22.9 Å². The molecule has 8 nitrogen and oxygen atoms in total. The number of primary amides is 1. The fourth-order valence-electron chi connectivity index (χ4n) is 2.16. The van der Waals surface area contributed by atoms with E-state index in [4.69, 9.17) is 10.5 Å². The van der Waals surface area contributed by atoms with Gasteiger partial charge in [-0.3, -0.25) is 14.3 Å². The number of amides is 2. The molecule has 0 aliphatic heterocycles. The molecule has 0 radical (unpaired) electrons. The van der Waals surface area contributed by atoms with Gasteiger partial charge < -0.3 is 15.8 Å². The van der Waals surface area contributed by atoms with Crippen LogP contribution in [0.15, 0.2) is 52.3 Å². The lowest BCUT2D eigenvalue weighted by atomic mass is 10.3. The Kier molecular flexibility index (Phi) is 6.70. The van der Waals surface area contributed by atoms with Crippen LogP contribution in [0.2, 0.25) is 0 Å². The van der Waals surface area contributed by atoms with E-state index in [2.05, 4.69) is 10.0 Å². The summed E-state index contributed by atoms with van der Waals surface area (Å²) >= 11 is 1.13. The number of nitrogens with one attached hydrogen (secondary N) is 2. The highest BCUT2D eigenvalue weighted by atomic mass is 32.2. The van der Waals surface area contributed by atoms with Gasteiger partial charge in [0.25, 0.3) is 10.0 Å². The van der Waals surface area contributed by atoms with Crippen LogP contribution in [-0.4, -0.2) is 33.1 Å². The number of rotatable bonds is 8. The predicted octanol–water partition coefficient (Wildman–Crippen LogP) is 2.03. The van der Waals surface area contributed by atoms with E-state index in [1.807, 2.05) is 0 Å². The number of carbonyl (C=O) groups is 2. The Morgan fingerprint density at radius 3 is 2.48 bits per heavy atom. The van der Waals surface area contributed by atoms with Gasteiger partial charge in [-0.1, -0.05) is 12.1 Å². The zero-order valence-corrected chi connectivity index (χ0v) is 16.3. The van der Waals surface area contributed by atoms with Crippen molar-refractivity contribution < 1.29 is 22.7 Å². The molecule has 0 saturated heterocycles. The highest BCUT2D eigenvalue weighted by molar-refractivity contribution is 8.00. The molecule has 2 aromatic rings. The zero-order chi connectivity index (χ0) is 20.0. The molecule has 0 bridgehead atoms. The van der Waals surface area contributed by atoms with E-state index < -0.39 is 15.9 Å². The van der Waals surface area contributed by atoms with Gasteiger partial charge in [0.05, 0.1) is 29.1 Å². The maximum atomic E-state index is 12.7. The standard InChI is InChI=1S/C17H19N3O5S2/c1-11(21)19-13-8-7-12(9-15(13)25-2)27(23,24)20-14-5-3-4-6-16(14)26-10-17(18)22/h3-9,20H,10H2,1-2H3,(H2,18,22)(H,19,21). The monoisotopic (exact) mass is 409 g/mol. The molecule has 0 unspecified atom stereocenters. The van der Waals surface area contributed by atoms with Gasteiger partial charge in [-0.05, 0) is 24.3 Å². The summed E-state index contributed by atoms with van der Waals surface area (Å²) in [4.78, 5) is 22.7. The lowest BCUT2D eigenvalue weighted by Gasteiger charge is -2.14. The quantitative estimate of drug-likeness (QED) is 0.573. The average molecular weight is 409 g/mol. The first kappa shape index (κ1) is 20.6. The highest BCUT2D eigenvalue weighted by Gasteiger charge is 2.19. The number of anilines is 2. The number of hydrogen-bond acceptors (Lipinski definition) is 6. The molecule has 0 spiro atoms. The summed E-state index contributed by atoms with van der Waals surface area (Å²) in [7, 11) is -2.55. The van der Waals surface area contributed by atoms with Gasteiger partial charge in [0.1, 0.15) is 5.75 Å². The fraction of sp³-hybridized carbons (Fsp3) is 0.176. The Hall–Kier alpha value is -2.72. The number of methoxy groups -OCH3 is 1. The van der Waals surface area contributed by atoms with Crippen molar-refractivity contribution in [3.8, 4) is 5.75 Å². The first-order valence-electron chi connectivity index (χ1n) is 7.71. The van der Waals surface area contributed by atoms with Crippen LogP contribution < -0.4 is 20.5 Å². The number of hydrogen-bond donors (Lipinski definition) is 3. The van der Waals surface area contributed by atoms with Gasteiger partial charge in [-0.2, -0.15) is 0 Å². The van der Waals surface area contributed by atoms with Crippen LogP contribution in [0, 0.1) is 0 Å². The minimum atomic E-state index is -3.92. The molecule has 0 saturated carbocycles. The molecule has 0 heterocycles. The smallest absolute Gasteiger partial charge is 0.262 e. The molecule has 0 aromatic heterocycles. The van der Waals surface area contributed by atoms with Crippen molar-refractivity contribution in [1.29, 1.82) is 0 Å². The summed E-state index contributed by atoms with van der Waals surface area (Å²) < 4.78 is 33.1. The van der Waals surface area contributed by atoms with E-state index in [9.17, 15) is 18.0 Å². The molecular weight excluding hydrogens is 390 g/mol. The van der Waals surface area contributed by atoms with Gasteiger partial charge in [0.2, 0.25) is 11.8 Å². The molecule has 27 heavy (non-hydrogen) atoms. The van der Waals surface area contributed by atoms with E-state index in [0.717, 1.165) is 11.8 Å². The molecule has 10 heteroatoms. The molecule has 144 valence electrons. The molecule has 2 rings (SSSR count). The van der Waals surface area contributed by atoms with E-state index in [1.54, 1.807) is 24.3 Å². The fourth-order valence-corrected chi connectivity index (χ4v) is 4.07. The molecule has 0 aliphatic carbocycles. The van der Waals surface area contributed by atoms with Crippen LogP contribution in [0.4, 0.5) is 11.4 Å². The van der Waals surface area contributed by atoms with Crippen molar-refractivity contribution >= 4 is 45.0 Å². The number of ether oxygens (including phenoxy) is 1. The Balaban J connectivity index is 2.32. The molecule has 2 amide bonds. The summed E-state index contributed by atoms with van der Waals surface area (Å²) in [5, 5.41) is 2.56. The van der Waals surface area contributed by atoms with Gasteiger partial charge in [0.15, 0.2) is 0 Å². The van der Waals surface area contributed by atoms with E-state index in [1.165, 1.54) is 32.2 Å². The van der Waals surface area contributed by atoms with Crippen LogP contribution in [0.25, 0.3) is 0 Å². The number of carbonyl (C=O) groups excluding carboxylic acids is 2. The first-order valence-corrected chi connectivity index (χ1v) is 10.2. The van der Waals surface area contributed by atoms with Crippen molar-refractivity contribution in [2.45, 2.75) is 16.7 Å². The molecule has 0 aliphatic rings. The van der Waals surface area contributed by atoms with E-state index in [0.29, 0.717) is 16.3 Å². The number of thioether (sulfide) groups is 1. The lowest BCUT2D eigenvalue weighted by Crippen LogP contribution is -2.15. The summed E-state index contributed by atoms with van der Waals surface area (Å²) in [6.07, 6.45) is 0. The Morgan fingerprint density at radius 1 is 1.15 bits per heavy atom. The predicted molar refractivity (Wildman–Crippen MR) is 104 cm³/mol. The molecule has 0 fully saturated rings. The molecule has 0 atom stereocenters. The van der Waals surface area contributed by atoms with Crippen molar-refractivity contribution in [2.24, 2.45) is 5.73 Å². The van der Waals surface area contributed by atoms with Crippen molar-refractivity contribution in [3.05, 3.63) is 42.5 Å². The second-order valence-electron chi connectivity index (χ2n) is 5.40. The van der Waals surface area contributed by atoms with Gasteiger partial charge >= 0.3 is 0 Å². The maximum Gasteiger partial charge on any atom is 0.262 e. The average Bonchev–Trinajstić information content (AvgIpc) is 2.60. The van der Waals surface area contributed by atoms with Gasteiger partial charge in [0, 0.05) is 17.9 Å². The number of sulfonamides is 1. The Morgan fingerprint density at radius 2 is 1.85 bits per heavy atom. The van der Waals surface area contributed by atoms with Crippen LogP contribution >= 0.6 is 11.8 Å². The second-order valence-corrected chi connectivity index (χ2v) is 8.10.